The lowest BCUT2D eigenvalue weighted by atomic mass is 9.85. The Kier molecular flexibility index (Phi) is 3.33. The van der Waals surface area contributed by atoms with Crippen molar-refractivity contribution in [2.75, 3.05) is 5.32 Å². The molecule has 0 spiro atoms. The Labute approximate surface area is 133 Å². The van der Waals surface area contributed by atoms with Crippen LogP contribution < -0.4 is 5.32 Å². The molecule has 3 heterocycles. The van der Waals surface area contributed by atoms with Gasteiger partial charge in [0.05, 0.1) is 17.8 Å². The molecule has 1 saturated carbocycles. The van der Waals surface area contributed by atoms with Gasteiger partial charge in [0.25, 0.3) is 0 Å². The summed E-state index contributed by atoms with van der Waals surface area (Å²) < 4.78 is 1.98. The van der Waals surface area contributed by atoms with Gasteiger partial charge in [-0.05, 0) is 38.0 Å². The third-order valence-corrected chi connectivity index (χ3v) is 4.28. The minimum Gasteiger partial charge on any atom is -0.324 e. The topological polar surface area (TPSA) is 88.0 Å². The van der Waals surface area contributed by atoms with Gasteiger partial charge in [0.1, 0.15) is 5.82 Å². The molecule has 0 radical (unpaired) electrons. The molecule has 0 aliphatic heterocycles. The van der Waals surface area contributed by atoms with E-state index in [1.807, 2.05) is 35.7 Å². The van der Waals surface area contributed by atoms with E-state index in [2.05, 4.69) is 25.7 Å². The number of aromatic amines is 1. The monoisotopic (exact) mass is 310 g/mol. The molecule has 4 rings (SSSR count). The van der Waals surface area contributed by atoms with E-state index < -0.39 is 0 Å². The van der Waals surface area contributed by atoms with Gasteiger partial charge in [-0.2, -0.15) is 5.10 Å². The average molecular weight is 310 g/mol. The number of H-pyrrole nitrogens is 1. The first kappa shape index (κ1) is 13.9. The first-order chi connectivity index (χ1) is 11.2. The van der Waals surface area contributed by atoms with Crippen molar-refractivity contribution >= 4 is 17.2 Å². The highest BCUT2D eigenvalue weighted by Crippen LogP contribution is 2.35. The smallest absolute Gasteiger partial charge is 0.230 e. The first-order valence-corrected chi connectivity index (χ1v) is 7.84. The van der Waals surface area contributed by atoms with Gasteiger partial charge < -0.3 is 5.32 Å². The molecule has 0 unspecified atom stereocenters. The zero-order valence-electron chi connectivity index (χ0n) is 12.9. The van der Waals surface area contributed by atoms with Crippen molar-refractivity contribution in [2.45, 2.75) is 38.5 Å². The molecule has 0 aromatic carbocycles. The zero-order chi connectivity index (χ0) is 15.8. The number of hydrogen-bond acceptors (Lipinski definition) is 4. The molecule has 0 bridgehead atoms. The maximum Gasteiger partial charge on any atom is 0.230 e. The molecule has 7 nitrogen and oxygen atoms in total. The Balaban J connectivity index is 1.53. The van der Waals surface area contributed by atoms with E-state index in [9.17, 15) is 4.79 Å². The quantitative estimate of drug-likeness (QED) is 0.773. The van der Waals surface area contributed by atoms with Crippen LogP contribution in [0.1, 0.15) is 42.4 Å². The highest BCUT2D eigenvalue weighted by molar-refractivity contribution is 5.92. The van der Waals surface area contributed by atoms with Crippen molar-refractivity contribution in [1.29, 1.82) is 0 Å². The van der Waals surface area contributed by atoms with Crippen LogP contribution in [0.5, 0.6) is 0 Å². The molecule has 3 aromatic heterocycles. The number of carbonyl (C=O) groups excluding carboxylic acids is 1. The van der Waals surface area contributed by atoms with Crippen LogP contribution in [0.25, 0.3) is 5.65 Å². The van der Waals surface area contributed by atoms with Crippen molar-refractivity contribution in [2.24, 2.45) is 0 Å². The normalized spacial score (nSPS) is 14.8. The second kappa shape index (κ2) is 5.49. The van der Waals surface area contributed by atoms with E-state index in [-0.39, 0.29) is 12.3 Å². The van der Waals surface area contributed by atoms with Crippen LogP contribution in [0, 0.1) is 6.92 Å². The van der Waals surface area contributed by atoms with E-state index in [0.717, 1.165) is 41.4 Å². The number of hydrogen-bond donors (Lipinski definition) is 2. The van der Waals surface area contributed by atoms with Gasteiger partial charge in [-0.1, -0.05) is 6.42 Å². The second-order valence-electron chi connectivity index (χ2n) is 6.10. The molecule has 3 aromatic rings. The summed E-state index contributed by atoms with van der Waals surface area (Å²) in [5.74, 6) is 1.39. The summed E-state index contributed by atoms with van der Waals surface area (Å²) >= 11 is 0. The van der Waals surface area contributed by atoms with Crippen molar-refractivity contribution in [3.05, 3.63) is 41.6 Å². The summed E-state index contributed by atoms with van der Waals surface area (Å²) in [6.07, 6.45) is 5.72. The van der Waals surface area contributed by atoms with Crippen LogP contribution in [0.3, 0.4) is 0 Å². The minimum atomic E-state index is -0.0888. The largest absolute Gasteiger partial charge is 0.324 e. The number of fused-ring (bicyclic) bond motifs is 1. The third-order valence-electron chi connectivity index (χ3n) is 4.28. The summed E-state index contributed by atoms with van der Waals surface area (Å²) in [6.45, 7) is 1.91. The Hall–Kier alpha value is -2.70. The number of nitrogens with zero attached hydrogens (tertiary/aromatic N) is 4. The van der Waals surface area contributed by atoms with Gasteiger partial charge in [-0.15, -0.1) is 10.2 Å². The molecule has 0 saturated heterocycles. The Morgan fingerprint density at radius 1 is 1.39 bits per heavy atom. The third kappa shape index (κ3) is 2.69. The predicted octanol–water partition coefficient (Wildman–Crippen LogP) is 2.21. The van der Waals surface area contributed by atoms with Crippen LogP contribution in [0.4, 0.5) is 5.69 Å². The molecule has 118 valence electrons. The van der Waals surface area contributed by atoms with E-state index in [0.29, 0.717) is 5.92 Å². The molecule has 0 atom stereocenters. The lowest BCUT2D eigenvalue weighted by molar-refractivity contribution is -0.115. The minimum absolute atomic E-state index is 0.0888. The summed E-state index contributed by atoms with van der Waals surface area (Å²) in [4.78, 5) is 12.1. The first-order valence-electron chi connectivity index (χ1n) is 7.84. The highest BCUT2D eigenvalue weighted by atomic mass is 16.1. The number of amides is 1. The molecule has 2 N–H and O–H groups in total. The maximum atomic E-state index is 12.1. The SMILES string of the molecule is Cc1cc(CC(=O)Nc2ccc3nnc(C4CCC4)n3c2)n[nH]1. The van der Waals surface area contributed by atoms with Crippen molar-refractivity contribution in [1.82, 2.24) is 24.8 Å². The van der Waals surface area contributed by atoms with Crippen LogP contribution in [0.2, 0.25) is 0 Å². The fourth-order valence-electron chi connectivity index (χ4n) is 2.86. The number of aryl methyl sites for hydroxylation is 1. The second-order valence-corrected chi connectivity index (χ2v) is 6.10. The van der Waals surface area contributed by atoms with E-state index in [1.54, 1.807) is 0 Å². The Morgan fingerprint density at radius 3 is 2.96 bits per heavy atom. The van der Waals surface area contributed by atoms with Crippen LogP contribution >= 0.6 is 0 Å². The van der Waals surface area contributed by atoms with Gasteiger partial charge >= 0.3 is 0 Å². The summed E-state index contributed by atoms with van der Waals surface area (Å²) in [5.41, 5.74) is 3.24. The van der Waals surface area contributed by atoms with Crippen LogP contribution in [-0.4, -0.2) is 30.7 Å². The fourth-order valence-corrected chi connectivity index (χ4v) is 2.86. The number of anilines is 1. The molecular formula is C16H18N6O. The van der Waals surface area contributed by atoms with E-state index in [4.69, 9.17) is 0 Å². The van der Waals surface area contributed by atoms with Crippen LogP contribution in [-0.2, 0) is 11.2 Å². The number of aromatic nitrogens is 5. The standard InChI is InChI=1S/C16H18N6O/c1-10-7-13(19-18-10)8-15(23)17-12-5-6-14-20-21-16(22(14)9-12)11-3-2-4-11/h5-7,9,11H,2-4,8H2,1H3,(H,17,23)(H,18,19). The van der Waals surface area contributed by atoms with Gasteiger partial charge in [0, 0.05) is 17.8 Å². The zero-order valence-corrected chi connectivity index (χ0v) is 12.9. The number of rotatable bonds is 4. The van der Waals surface area contributed by atoms with Gasteiger partial charge in [-0.3, -0.25) is 14.3 Å². The predicted molar refractivity (Wildman–Crippen MR) is 85.2 cm³/mol. The maximum absolute atomic E-state index is 12.1. The molecule has 1 fully saturated rings. The van der Waals surface area contributed by atoms with Gasteiger partial charge in [-0.25, -0.2) is 0 Å². The van der Waals surface area contributed by atoms with Crippen molar-refractivity contribution in [3.8, 4) is 0 Å². The van der Waals surface area contributed by atoms with Gasteiger partial charge in [0.2, 0.25) is 5.91 Å². The van der Waals surface area contributed by atoms with Crippen LogP contribution in [0.15, 0.2) is 24.4 Å². The Morgan fingerprint density at radius 2 is 2.26 bits per heavy atom. The van der Waals surface area contributed by atoms with E-state index >= 15 is 0 Å². The molecule has 1 aliphatic carbocycles. The number of pyridine rings is 1. The lowest BCUT2D eigenvalue weighted by Gasteiger charge is -2.23. The lowest BCUT2D eigenvalue weighted by Crippen LogP contribution is -2.16. The molecule has 1 amide bonds. The highest BCUT2D eigenvalue weighted by Gasteiger charge is 2.24. The van der Waals surface area contributed by atoms with E-state index in [1.165, 1.54) is 6.42 Å². The van der Waals surface area contributed by atoms with Gasteiger partial charge in [0.15, 0.2) is 5.65 Å². The Bertz CT molecular complexity index is 860. The fraction of sp³-hybridized carbons (Fsp3) is 0.375. The summed E-state index contributed by atoms with van der Waals surface area (Å²) in [7, 11) is 0. The number of nitrogens with one attached hydrogen (secondary N) is 2. The summed E-state index contributed by atoms with van der Waals surface area (Å²) in [6, 6.07) is 5.60. The average Bonchev–Trinajstić information content (AvgIpc) is 3.04. The summed E-state index contributed by atoms with van der Waals surface area (Å²) in [5, 5.41) is 18.3. The van der Waals surface area contributed by atoms with Crippen molar-refractivity contribution < 1.29 is 4.79 Å². The van der Waals surface area contributed by atoms with Crippen molar-refractivity contribution in [3.63, 3.8) is 0 Å². The number of carbonyl (C=O) groups is 1. The molecule has 23 heavy (non-hydrogen) atoms. The molecule has 7 heteroatoms. The molecular weight excluding hydrogens is 292 g/mol. The molecule has 1 aliphatic rings.